The van der Waals surface area contributed by atoms with Crippen LogP contribution in [0.25, 0.3) is 0 Å². The molecule has 3 rings (SSSR count). The number of alkyl halides is 3. The van der Waals surface area contributed by atoms with E-state index >= 15 is 0 Å². The number of likely N-dealkylation sites (tertiary alicyclic amines) is 1. The van der Waals surface area contributed by atoms with Gasteiger partial charge in [0, 0.05) is 43.8 Å². The number of piperidine rings is 1. The Bertz CT molecular complexity index is 917. The fraction of sp³-hybridized carbons (Fsp3) is 0.591. The summed E-state index contributed by atoms with van der Waals surface area (Å²) in [4.78, 5) is 28.2. The van der Waals surface area contributed by atoms with E-state index in [0.29, 0.717) is 50.6 Å². The van der Waals surface area contributed by atoms with Crippen molar-refractivity contribution in [1.29, 1.82) is 5.26 Å². The van der Waals surface area contributed by atoms with Crippen molar-refractivity contribution in [3.8, 4) is 6.07 Å². The van der Waals surface area contributed by atoms with Gasteiger partial charge in [0.1, 0.15) is 0 Å². The molecule has 2 fully saturated rings. The van der Waals surface area contributed by atoms with Crippen LogP contribution < -0.4 is 16.0 Å². The van der Waals surface area contributed by atoms with Gasteiger partial charge in [0.2, 0.25) is 5.91 Å². The number of urea groups is 1. The number of nitrogens with one attached hydrogen (secondary N) is 1. The zero-order valence-electron chi connectivity index (χ0n) is 18.2. The number of primary amides is 1. The predicted octanol–water partition coefficient (Wildman–Crippen LogP) is 2.95. The third kappa shape index (κ3) is 4.76. The molecule has 0 aliphatic carbocycles. The molecule has 0 saturated carbocycles. The Balaban J connectivity index is 1.75. The maximum atomic E-state index is 13.3. The molecule has 3 amide bonds. The Morgan fingerprint density at radius 3 is 2.50 bits per heavy atom. The molecule has 2 heterocycles. The molecule has 1 spiro atoms. The quantitative estimate of drug-likeness (QED) is 0.735. The molecule has 1 atom stereocenters. The first kappa shape index (κ1) is 23.7. The number of hydrogen-bond acceptors (Lipinski definition) is 4. The summed E-state index contributed by atoms with van der Waals surface area (Å²) < 4.78 is 40.0. The van der Waals surface area contributed by atoms with Crippen molar-refractivity contribution < 1.29 is 22.8 Å². The molecule has 1 aromatic carbocycles. The fourth-order valence-electron chi connectivity index (χ4n) is 4.70. The molecule has 3 N–H and O–H groups in total. The van der Waals surface area contributed by atoms with Gasteiger partial charge in [0.25, 0.3) is 0 Å². The molecular weight excluding hydrogens is 423 g/mol. The molecule has 1 unspecified atom stereocenters. The minimum Gasteiger partial charge on any atom is -0.371 e. The number of carbonyl (C=O) groups excluding carboxylic acids is 2. The van der Waals surface area contributed by atoms with Gasteiger partial charge in [-0.1, -0.05) is 13.8 Å². The summed E-state index contributed by atoms with van der Waals surface area (Å²) in [5, 5.41) is 11.9. The molecule has 174 valence electrons. The molecule has 0 bridgehead atoms. The van der Waals surface area contributed by atoms with E-state index in [9.17, 15) is 22.8 Å². The number of hydrogen-bond donors (Lipinski definition) is 2. The third-order valence-corrected chi connectivity index (χ3v) is 6.49. The van der Waals surface area contributed by atoms with Crippen LogP contribution in [-0.4, -0.2) is 49.6 Å². The van der Waals surface area contributed by atoms with E-state index in [1.807, 2.05) is 18.7 Å². The average Bonchev–Trinajstić information content (AvgIpc) is 3.10. The second kappa shape index (κ2) is 8.88. The number of anilines is 1. The van der Waals surface area contributed by atoms with Gasteiger partial charge >= 0.3 is 12.2 Å². The summed E-state index contributed by atoms with van der Waals surface area (Å²) in [6, 6.07) is 5.06. The van der Waals surface area contributed by atoms with Gasteiger partial charge < -0.3 is 20.9 Å². The van der Waals surface area contributed by atoms with Crippen molar-refractivity contribution in [2.45, 2.75) is 32.9 Å². The molecule has 7 nitrogen and oxygen atoms in total. The van der Waals surface area contributed by atoms with Crippen LogP contribution in [0.4, 0.5) is 23.7 Å². The van der Waals surface area contributed by atoms with Gasteiger partial charge in [-0.2, -0.15) is 18.4 Å². The van der Waals surface area contributed by atoms with Gasteiger partial charge in [0.15, 0.2) is 0 Å². The number of nitrogens with two attached hydrogens (primary N) is 1. The first-order valence-electron chi connectivity index (χ1n) is 10.7. The van der Waals surface area contributed by atoms with E-state index in [2.05, 4.69) is 5.32 Å². The minimum absolute atomic E-state index is 0.230. The maximum Gasteiger partial charge on any atom is 0.417 e. The topological polar surface area (TPSA) is 102 Å². The number of amides is 3. The van der Waals surface area contributed by atoms with Crippen LogP contribution >= 0.6 is 0 Å². The smallest absolute Gasteiger partial charge is 0.371 e. The van der Waals surface area contributed by atoms with E-state index in [-0.39, 0.29) is 12.6 Å². The van der Waals surface area contributed by atoms with Gasteiger partial charge in [0.05, 0.1) is 23.1 Å². The van der Waals surface area contributed by atoms with Crippen molar-refractivity contribution in [3.05, 3.63) is 29.3 Å². The summed E-state index contributed by atoms with van der Waals surface area (Å²) in [5.74, 6) is -0.670. The molecule has 0 radical (unpaired) electrons. The summed E-state index contributed by atoms with van der Waals surface area (Å²) in [7, 11) is 0. The van der Waals surface area contributed by atoms with Gasteiger partial charge in [-0.3, -0.25) is 4.79 Å². The van der Waals surface area contributed by atoms with E-state index < -0.39 is 34.5 Å². The van der Waals surface area contributed by atoms with E-state index in [1.54, 1.807) is 11.0 Å². The Hall–Kier alpha value is -2.96. The summed E-state index contributed by atoms with van der Waals surface area (Å²) in [5.41, 5.74) is 4.19. The van der Waals surface area contributed by atoms with Crippen LogP contribution in [0.1, 0.15) is 37.8 Å². The molecular formula is C22H28F3N5O2. The highest BCUT2D eigenvalue weighted by Gasteiger charge is 2.51. The molecule has 1 aromatic rings. The zero-order valence-corrected chi connectivity index (χ0v) is 18.2. The van der Waals surface area contributed by atoms with Crippen LogP contribution in [0.3, 0.4) is 0 Å². The Kier molecular flexibility index (Phi) is 6.58. The fourth-order valence-corrected chi connectivity index (χ4v) is 4.70. The predicted molar refractivity (Wildman–Crippen MR) is 113 cm³/mol. The van der Waals surface area contributed by atoms with E-state index in [1.165, 1.54) is 12.1 Å². The Labute approximate surface area is 185 Å². The van der Waals surface area contributed by atoms with Crippen molar-refractivity contribution in [2.24, 2.45) is 23.0 Å². The summed E-state index contributed by atoms with van der Waals surface area (Å²) in [6.45, 7) is 5.98. The van der Waals surface area contributed by atoms with Crippen LogP contribution in [0, 0.1) is 28.6 Å². The van der Waals surface area contributed by atoms with Gasteiger partial charge in [-0.25, -0.2) is 4.79 Å². The lowest BCUT2D eigenvalue weighted by atomic mass is 9.70. The van der Waals surface area contributed by atoms with Gasteiger partial charge in [-0.05, 0) is 37.0 Å². The highest BCUT2D eigenvalue weighted by Crippen LogP contribution is 2.45. The van der Waals surface area contributed by atoms with Crippen molar-refractivity contribution >= 4 is 17.6 Å². The zero-order chi connectivity index (χ0) is 23.7. The lowest BCUT2D eigenvalue weighted by Gasteiger charge is -2.42. The number of halogens is 3. The van der Waals surface area contributed by atoms with E-state index in [4.69, 9.17) is 11.0 Å². The van der Waals surface area contributed by atoms with Crippen LogP contribution in [0.5, 0.6) is 0 Å². The highest BCUT2D eigenvalue weighted by molar-refractivity contribution is 5.81. The minimum atomic E-state index is -4.62. The van der Waals surface area contributed by atoms with Crippen molar-refractivity contribution in [1.82, 2.24) is 10.2 Å². The van der Waals surface area contributed by atoms with Crippen LogP contribution in [0.15, 0.2) is 18.2 Å². The molecule has 2 aliphatic heterocycles. The van der Waals surface area contributed by atoms with E-state index in [0.717, 1.165) is 6.07 Å². The first-order chi connectivity index (χ1) is 15.0. The first-order valence-corrected chi connectivity index (χ1v) is 10.7. The lowest BCUT2D eigenvalue weighted by Crippen LogP contribution is -2.48. The number of rotatable bonds is 4. The largest absolute Gasteiger partial charge is 0.417 e. The lowest BCUT2D eigenvalue weighted by molar-refractivity contribution is -0.137. The average molecular weight is 451 g/mol. The molecule has 2 saturated heterocycles. The number of nitriles is 1. The van der Waals surface area contributed by atoms with Crippen molar-refractivity contribution in [3.63, 3.8) is 0 Å². The molecule has 2 aliphatic rings. The summed E-state index contributed by atoms with van der Waals surface area (Å²) >= 11 is 0. The highest BCUT2D eigenvalue weighted by atomic mass is 19.4. The van der Waals surface area contributed by atoms with Crippen LogP contribution in [0.2, 0.25) is 0 Å². The Morgan fingerprint density at radius 1 is 1.31 bits per heavy atom. The number of nitrogens with zero attached hydrogens (tertiary/aromatic N) is 3. The molecule has 0 aromatic heterocycles. The molecule has 10 heteroatoms. The summed E-state index contributed by atoms with van der Waals surface area (Å²) in [6.07, 6.45) is -3.57. The SMILES string of the molecule is CC(C)CNC(=O)N1CC(C(N)=O)C2(CCN(c3ccc(C#N)c(C(F)(F)F)c3)CC2)C1. The van der Waals surface area contributed by atoms with Crippen LogP contribution in [-0.2, 0) is 11.0 Å². The van der Waals surface area contributed by atoms with Crippen molar-refractivity contribution in [2.75, 3.05) is 37.6 Å². The maximum absolute atomic E-state index is 13.3. The second-order valence-electron chi connectivity index (χ2n) is 9.10. The Morgan fingerprint density at radius 2 is 1.97 bits per heavy atom. The standard InChI is InChI=1S/C22H28F3N5O2/c1-14(2)11-28-20(32)30-12-18(19(27)31)21(13-30)5-7-29(8-6-21)16-4-3-15(10-26)17(9-16)22(23,24)25/h3-4,9,14,18H,5-8,11-13H2,1-2H3,(H2,27,31)(H,28,32). The second-order valence-corrected chi connectivity index (χ2v) is 9.10. The molecule has 32 heavy (non-hydrogen) atoms. The number of benzene rings is 1. The number of carbonyl (C=O) groups is 2. The normalized spacial score (nSPS) is 20.5. The van der Waals surface area contributed by atoms with Gasteiger partial charge in [-0.15, -0.1) is 0 Å². The third-order valence-electron chi connectivity index (χ3n) is 6.49. The monoisotopic (exact) mass is 451 g/mol.